The average Bonchev–Trinajstić information content (AvgIpc) is 1.70. The number of aliphatic hydroxyl groups is 3. The van der Waals surface area contributed by atoms with Crippen LogP contribution in [0.25, 0.3) is 0 Å². The summed E-state index contributed by atoms with van der Waals surface area (Å²) in [4.78, 5) is 0. The van der Waals surface area contributed by atoms with Crippen molar-refractivity contribution in [2.24, 2.45) is 0 Å². The molecule has 0 radical (unpaired) electrons. The Morgan fingerprint density at radius 2 is 0.727 bits per heavy atom. The molecule has 5 heteroatoms. The van der Waals surface area contributed by atoms with Crippen molar-refractivity contribution in [2.45, 2.75) is 20.8 Å². The molecular formula is C6H22BrNO3. The molecule has 0 bridgehead atoms. The quantitative estimate of drug-likeness (QED) is 0.498. The van der Waals surface area contributed by atoms with Crippen LogP contribution >= 0.6 is 17.0 Å². The molecule has 0 rings (SSSR count). The lowest BCUT2D eigenvalue weighted by molar-refractivity contribution is 0.318. The Hall–Kier alpha value is 0.320. The molecule has 6 N–H and O–H groups in total. The zero-order valence-electron chi connectivity index (χ0n) is 7.58. The first-order valence-electron chi connectivity index (χ1n) is 3.07. The van der Waals surface area contributed by atoms with E-state index in [2.05, 4.69) is 0 Å². The molecule has 0 aromatic heterocycles. The van der Waals surface area contributed by atoms with Crippen LogP contribution in [0.4, 0.5) is 0 Å². The number of hydrogen-bond acceptors (Lipinski definition) is 4. The summed E-state index contributed by atoms with van der Waals surface area (Å²) < 4.78 is 0. The first-order valence-corrected chi connectivity index (χ1v) is 3.07. The summed E-state index contributed by atoms with van der Waals surface area (Å²) in [6.45, 7) is 5.79. The molecule has 0 heterocycles. The van der Waals surface area contributed by atoms with E-state index in [4.69, 9.17) is 15.3 Å². The van der Waals surface area contributed by atoms with Crippen molar-refractivity contribution in [3.63, 3.8) is 0 Å². The first-order chi connectivity index (χ1) is 4.24. The van der Waals surface area contributed by atoms with Gasteiger partial charge < -0.3 is 21.5 Å². The van der Waals surface area contributed by atoms with Crippen molar-refractivity contribution >= 4 is 17.0 Å². The van der Waals surface area contributed by atoms with Gasteiger partial charge in [-0.05, 0) is 20.8 Å². The first kappa shape index (κ1) is 30.2. The van der Waals surface area contributed by atoms with Crippen molar-refractivity contribution in [2.75, 3.05) is 19.8 Å². The summed E-state index contributed by atoms with van der Waals surface area (Å²) in [5.41, 5.74) is 0. The number of aliphatic hydroxyl groups excluding tert-OH is 3. The van der Waals surface area contributed by atoms with E-state index in [9.17, 15) is 0 Å². The summed E-state index contributed by atoms with van der Waals surface area (Å²) in [6.07, 6.45) is 0. The Balaban J connectivity index is -0.0000000150. The molecule has 0 aromatic carbocycles. The van der Waals surface area contributed by atoms with Gasteiger partial charge in [-0.2, -0.15) is 0 Å². The van der Waals surface area contributed by atoms with E-state index in [1.807, 2.05) is 0 Å². The van der Waals surface area contributed by atoms with Gasteiger partial charge in [0.1, 0.15) is 0 Å². The molecule has 0 spiro atoms. The lowest BCUT2D eigenvalue weighted by atomic mass is 10.9. The minimum absolute atomic E-state index is 0. The maximum Gasteiger partial charge on any atom is 0.0402 e. The Bertz CT molecular complexity index is 22.5. The van der Waals surface area contributed by atoms with Crippen LogP contribution < -0.4 is 6.15 Å². The van der Waals surface area contributed by atoms with E-state index in [0.29, 0.717) is 0 Å². The summed E-state index contributed by atoms with van der Waals surface area (Å²) in [5.74, 6) is 0. The van der Waals surface area contributed by atoms with Crippen LogP contribution in [0.5, 0.6) is 0 Å². The van der Waals surface area contributed by atoms with Gasteiger partial charge >= 0.3 is 0 Å². The number of hydrogen-bond donors (Lipinski definition) is 4. The molecule has 0 amide bonds. The fraction of sp³-hybridized carbons (Fsp3) is 1.00. The summed E-state index contributed by atoms with van der Waals surface area (Å²) in [6, 6.07) is 0. The third-order valence-electron chi connectivity index (χ3n) is 0. The van der Waals surface area contributed by atoms with Gasteiger partial charge in [-0.3, -0.25) is 0 Å². The van der Waals surface area contributed by atoms with Gasteiger partial charge in [0.15, 0.2) is 0 Å². The smallest absolute Gasteiger partial charge is 0.0402 e. The molecule has 0 saturated heterocycles. The lowest BCUT2D eigenvalue weighted by Crippen LogP contribution is -1.57. The van der Waals surface area contributed by atoms with Crippen LogP contribution in [0.2, 0.25) is 0 Å². The molecule has 0 aliphatic carbocycles. The van der Waals surface area contributed by atoms with Gasteiger partial charge in [0.2, 0.25) is 0 Å². The fourth-order valence-electron chi connectivity index (χ4n) is 0. The maximum absolute atomic E-state index is 7.57. The molecular weight excluding hydrogens is 214 g/mol. The second-order valence-corrected chi connectivity index (χ2v) is 0.949. The van der Waals surface area contributed by atoms with Crippen LogP contribution in [0.15, 0.2) is 0 Å². The zero-order valence-corrected chi connectivity index (χ0v) is 9.29. The van der Waals surface area contributed by atoms with Crippen molar-refractivity contribution in [1.82, 2.24) is 6.15 Å². The van der Waals surface area contributed by atoms with Crippen molar-refractivity contribution in [3.05, 3.63) is 0 Å². The van der Waals surface area contributed by atoms with Gasteiger partial charge in [0.25, 0.3) is 0 Å². The van der Waals surface area contributed by atoms with Gasteiger partial charge in [-0.25, -0.2) is 0 Å². The highest BCUT2D eigenvalue weighted by Crippen LogP contribution is 1.30. The van der Waals surface area contributed by atoms with Crippen molar-refractivity contribution in [1.29, 1.82) is 0 Å². The largest absolute Gasteiger partial charge is 0.397 e. The molecule has 0 aliphatic rings. The second-order valence-electron chi connectivity index (χ2n) is 0.949. The molecule has 0 saturated carbocycles. The Morgan fingerprint density at radius 1 is 0.727 bits per heavy atom. The van der Waals surface area contributed by atoms with Crippen LogP contribution in [0, 0.1) is 0 Å². The highest BCUT2D eigenvalue weighted by molar-refractivity contribution is 8.93. The fourth-order valence-corrected chi connectivity index (χ4v) is 0. The monoisotopic (exact) mass is 235 g/mol. The lowest BCUT2D eigenvalue weighted by Gasteiger charge is -1.52. The topological polar surface area (TPSA) is 95.7 Å². The van der Waals surface area contributed by atoms with Crippen molar-refractivity contribution in [3.8, 4) is 0 Å². The Morgan fingerprint density at radius 3 is 0.727 bits per heavy atom. The highest BCUT2D eigenvalue weighted by Gasteiger charge is 1.35. The SMILES string of the molecule is Br.CCO.CCO.CCO.N. The molecule has 0 atom stereocenters. The van der Waals surface area contributed by atoms with Crippen LogP contribution in [-0.4, -0.2) is 35.1 Å². The normalized spacial score (nSPS) is 4.91. The average molecular weight is 236 g/mol. The highest BCUT2D eigenvalue weighted by atomic mass is 79.9. The van der Waals surface area contributed by atoms with Crippen LogP contribution in [0.3, 0.4) is 0 Å². The van der Waals surface area contributed by atoms with E-state index in [0.717, 1.165) is 0 Å². The minimum atomic E-state index is 0. The van der Waals surface area contributed by atoms with Crippen LogP contribution in [0.1, 0.15) is 20.8 Å². The van der Waals surface area contributed by atoms with Gasteiger partial charge in [0, 0.05) is 19.8 Å². The standard InChI is InChI=1S/3C2H6O.BrH.H3N/c3*1-2-3;;/h3*3H,2H2,1H3;1H;1H3. The number of halogens is 1. The zero-order chi connectivity index (χ0) is 8.12. The second kappa shape index (κ2) is 81.3. The summed E-state index contributed by atoms with van der Waals surface area (Å²) >= 11 is 0. The Kier molecular flexibility index (Phi) is 223. The molecule has 0 aromatic rings. The molecule has 0 fully saturated rings. The number of rotatable bonds is 0. The maximum atomic E-state index is 7.57. The third kappa shape index (κ3) is 6980. The van der Waals surface area contributed by atoms with E-state index in [1.165, 1.54) is 0 Å². The summed E-state index contributed by atoms with van der Waals surface area (Å²) in [7, 11) is 0. The predicted octanol–water partition coefficient (Wildman–Crippen LogP) is 0.736. The molecule has 4 nitrogen and oxygen atoms in total. The van der Waals surface area contributed by atoms with Gasteiger partial charge in [-0.1, -0.05) is 0 Å². The summed E-state index contributed by atoms with van der Waals surface area (Å²) in [5, 5.41) is 22.7. The van der Waals surface area contributed by atoms with Crippen LogP contribution in [-0.2, 0) is 0 Å². The van der Waals surface area contributed by atoms with E-state index in [1.54, 1.807) is 20.8 Å². The molecule has 11 heavy (non-hydrogen) atoms. The minimum Gasteiger partial charge on any atom is -0.397 e. The molecule has 76 valence electrons. The van der Waals surface area contributed by atoms with Gasteiger partial charge in [-0.15, -0.1) is 17.0 Å². The predicted molar refractivity (Wildman–Crippen MR) is 53.6 cm³/mol. The van der Waals surface area contributed by atoms with Gasteiger partial charge in [0.05, 0.1) is 0 Å². The molecule has 0 aliphatic heterocycles. The van der Waals surface area contributed by atoms with Crippen molar-refractivity contribution < 1.29 is 15.3 Å². The van der Waals surface area contributed by atoms with E-state index >= 15 is 0 Å². The van der Waals surface area contributed by atoms with E-state index < -0.39 is 0 Å². The van der Waals surface area contributed by atoms with E-state index in [-0.39, 0.29) is 43.0 Å². The third-order valence-corrected chi connectivity index (χ3v) is 0. The molecule has 0 unspecified atom stereocenters. The Labute approximate surface area is 79.6 Å².